The Bertz CT molecular complexity index is 323. The summed E-state index contributed by atoms with van der Waals surface area (Å²) in [6.45, 7) is 5.27. The molecule has 11 heteroatoms. The number of ether oxygens (including phenoxy) is 5. The summed E-state index contributed by atoms with van der Waals surface area (Å²) in [6.07, 6.45) is 0. The molecular formula is C13H27N5O6. The van der Waals surface area contributed by atoms with Gasteiger partial charge in [0.05, 0.1) is 66.1 Å². The number of hydrogen-bond acceptors (Lipinski definition) is 7. The second-order valence-corrected chi connectivity index (χ2v) is 4.31. The van der Waals surface area contributed by atoms with Crippen LogP contribution in [-0.2, 0) is 23.7 Å². The quantitative estimate of drug-likeness (QED) is 0.154. The highest BCUT2D eigenvalue weighted by Crippen LogP contribution is 1.84. The van der Waals surface area contributed by atoms with Crippen LogP contribution in [0.25, 0.3) is 10.4 Å². The van der Waals surface area contributed by atoms with E-state index in [4.69, 9.17) is 34.9 Å². The van der Waals surface area contributed by atoms with Crippen molar-refractivity contribution in [2.45, 2.75) is 0 Å². The van der Waals surface area contributed by atoms with Crippen LogP contribution in [0.5, 0.6) is 0 Å². The van der Waals surface area contributed by atoms with Crippen LogP contribution in [0.4, 0.5) is 4.79 Å². The van der Waals surface area contributed by atoms with E-state index in [0.29, 0.717) is 79.2 Å². The van der Waals surface area contributed by atoms with Gasteiger partial charge in [0.2, 0.25) is 0 Å². The van der Waals surface area contributed by atoms with Crippen molar-refractivity contribution in [1.82, 2.24) is 5.32 Å². The molecule has 0 bridgehead atoms. The summed E-state index contributed by atoms with van der Waals surface area (Å²) in [4.78, 5) is 13.0. The molecule has 0 unspecified atom stereocenters. The predicted molar refractivity (Wildman–Crippen MR) is 85.7 cm³/mol. The van der Waals surface area contributed by atoms with E-state index in [1.807, 2.05) is 0 Å². The van der Waals surface area contributed by atoms with Crippen molar-refractivity contribution >= 4 is 6.03 Å². The van der Waals surface area contributed by atoms with Gasteiger partial charge in [-0.3, -0.25) is 0 Å². The molecular weight excluding hydrogens is 322 g/mol. The lowest BCUT2D eigenvalue weighted by Gasteiger charge is -2.07. The van der Waals surface area contributed by atoms with Crippen LogP contribution in [0.1, 0.15) is 0 Å². The molecule has 0 radical (unpaired) electrons. The average molecular weight is 349 g/mol. The van der Waals surface area contributed by atoms with Crippen LogP contribution in [0, 0.1) is 0 Å². The average Bonchev–Trinajstić information content (AvgIpc) is 2.56. The number of nitrogens with two attached hydrogens (primary N) is 1. The van der Waals surface area contributed by atoms with Crippen molar-refractivity contribution in [3.63, 3.8) is 0 Å². The summed E-state index contributed by atoms with van der Waals surface area (Å²) in [7, 11) is 0. The number of urea groups is 1. The zero-order valence-corrected chi connectivity index (χ0v) is 13.9. The highest BCUT2D eigenvalue weighted by molar-refractivity contribution is 5.71. The molecule has 0 heterocycles. The monoisotopic (exact) mass is 349 g/mol. The molecule has 11 nitrogen and oxygen atoms in total. The Morgan fingerprint density at radius 1 is 0.833 bits per heavy atom. The van der Waals surface area contributed by atoms with Crippen LogP contribution in [0.3, 0.4) is 0 Å². The molecule has 0 aromatic carbocycles. The predicted octanol–water partition coefficient (Wildman–Crippen LogP) is 0.0480. The second kappa shape index (κ2) is 19.4. The Hall–Kier alpha value is -1.62. The summed E-state index contributed by atoms with van der Waals surface area (Å²) in [5.41, 5.74) is 12.9. The molecule has 0 fully saturated rings. The van der Waals surface area contributed by atoms with Crippen molar-refractivity contribution in [2.75, 3.05) is 79.2 Å². The molecule has 0 atom stereocenters. The lowest BCUT2D eigenvalue weighted by Crippen LogP contribution is -2.32. The van der Waals surface area contributed by atoms with Crippen molar-refractivity contribution in [3.8, 4) is 0 Å². The topological polar surface area (TPSA) is 150 Å². The van der Waals surface area contributed by atoms with E-state index < -0.39 is 6.03 Å². The van der Waals surface area contributed by atoms with Gasteiger partial charge in [0.25, 0.3) is 0 Å². The third-order valence-corrected chi connectivity index (χ3v) is 2.43. The molecule has 2 amide bonds. The molecule has 24 heavy (non-hydrogen) atoms. The van der Waals surface area contributed by atoms with Gasteiger partial charge in [-0.15, -0.1) is 0 Å². The maximum atomic E-state index is 10.4. The molecule has 0 saturated heterocycles. The zero-order valence-electron chi connectivity index (χ0n) is 13.9. The highest BCUT2D eigenvalue weighted by atomic mass is 16.6. The van der Waals surface area contributed by atoms with Crippen LogP contribution in [0.15, 0.2) is 5.11 Å². The largest absolute Gasteiger partial charge is 0.379 e. The standard InChI is InChI=1S/C13H27N5O6/c14-13(19)16-1-3-20-5-7-22-9-11-24-12-10-23-8-6-21-4-2-17-18-15/h1-12H2,(H3,14,16,19). The van der Waals surface area contributed by atoms with Crippen molar-refractivity contribution in [1.29, 1.82) is 0 Å². The smallest absolute Gasteiger partial charge is 0.312 e. The maximum Gasteiger partial charge on any atom is 0.312 e. The third-order valence-electron chi connectivity index (χ3n) is 2.43. The molecule has 0 rings (SSSR count). The molecule has 0 aliphatic heterocycles. The van der Waals surface area contributed by atoms with Crippen LogP contribution in [-0.4, -0.2) is 85.2 Å². The summed E-state index contributed by atoms with van der Waals surface area (Å²) < 4.78 is 26.3. The fourth-order valence-electron chi connectivity index (χ4n) is 1.38. The normalized spacial score (nSPS) is 10.3. The summed E-state index contributed by atoms with van der Waals surface area (Å²) in [5, 5.41) is 5.76. The molecule has 0 saturated carbocycles. The van der Waals surface area contributed by atoms with E-state index in [9.17, 15) is 4.79 Å². The minimum Gasteiger partial charge on any atom is -0.379 e. The number of azide groups is 1. The molecule has 0 aromatic rings. The Balaban J connectivity index is 3.00. The van der Waals surface area contributed by atoms with Crippen LogP contribution in [0.2, 0.25) is 0 Å². The first-order chi connectivity index (χ1) is 11.8. The fraction of sp³-hybridized carbons (Fsp3) is 0.923. The van der Waals surface area contributed by atoms with Gasteiger partial charge in [-0.05, 0) is 5.53 Å². The maximum absolute atomic E-state index is 10.4. The van der Waals surface area contributed by atoms with Crippen LogP contribution < -0.4 is 11.1 Å². The minimum absolute atomic E-state index is 0.328. The van der Waals surface area contributed by atoms with Gasteiger partial charge >= 0.3 is 6.03 Å². The zero-order chi connectivity index (χ0) is 17.7. The first-order valence-electron chi connectivity index (χ1n) is 7.70. The van der Waals surface area contributed by atoms with E-state index in [2.05, 4.69) is 15.3 Å². The molecule has 0 aromatic heterocycles. The highest BCUT2D eigenvalue weighted by Gasteiger charge is 1.94. The van der Waals surface area contributed by atoms with Crippen molar-refractivity contribution in [2.24, 2.45) is 10.8 Å². The number of primary amides is 1. The van der Waals surface area contributed by atoms with E-state index >= 15 is 0 Å². The van der Waals surface area contributed by atoms with Gasteiger partial charge in [0.1, 0.15) is 0 Å². The van der Waals surface area contributed by atoms with Gasteiger partial charge in [0, 0.05) is 18.0 Å². The summed E-state index contributed by atoms with van der Waals surface area (Å²) in [6, 6.07) is -0.561. The number of rotatable bonds is 18. The Labute approximate surface area is 141 Å². The van der Waals surface area contributed by atoms with E-state index in [1.165, 1.54) is 0 Å². The van der Waals surface area contributed by atoms with E-state index in [-0.39, 0.29) is 0 Å². The number of nitrogens with zero attached hydrogens (tertiary/aromatic N) is 3. The van der Waals surface area contributed by atoms with E-state index in [0.717, 1.165) is 0 Å². The number of nitrogens with one attached hydrogen (secondary N) is 1. The second-order valence-electron chi connectivity index (χ2n) is 4.31. The van der Waals surface area contributed by atoms with E-state index in [1.54, 1.807) is 0 Å². The Morgan fingerprint density at radius 3 is 1.67 bits per heavy atom. The van der Waals surface area contributed by atoms with Gasteiger partial charge in [-0.2, -0.15) is 0 Å². The lowest BCUT2D eigenvalue weighted by atomic mass is 10.6. The number of hydrogen-bond donors (Lipinski definition) is 2. The van der Waals surface area contributed by atoms with Gasteiger partial charge in [0.15, 0.2) is 0 Å². The minimum atomic E-state index is -0.561. The van der Waals surface area contributed by atoms with Crippen molar-refractivity contribution in [3.05, 3.63) is 10.4 Å². The summed E-state index contributed by atoms with van der Waals surface area (Å²) in [5.74, 6) is 0. The number of carbonyl (C=O) groups is 1. The molecule has 0 aliphatic rings. The first-order valence-corrected chi connectivity index (χ1v) is 7.70. The van der Waals surface area contributed by atoms with Gasteiger partial charge in [-0.25, -0.2) is 4.79 Å². The summed E-state index contributed by atoms with van der Waals surface area (Å²) >= 11 is 0. The van der Waals surface area contributed by atoms with Gasteiger partial charge < -0.3 is 34.7 Å². The SMILES string of the molecule is [N-]=[N+]=NCCOCCOCCOCCOCCOCCNC(N)=O. The number of amides is 2. The third kappa shape index (κ3) is 20.4. The molecule has 0 aliphatic carbocycles. The molecule has 3 N–H and O–H groups in total. The first kappa shape index (κ1) is 22.4. The Morgan fingerprint density at radius 2 is 1.25 bits per heavy atom. The molecule has 0 spiro atoms. The van der Waals surface area contributed by atoms with Crippen molar-refractivity contribution < 1.29 is 28.5 Å². The fourth-order valence-corrected chi connectivity index (χ4v) is 1.38. The number of carbonyl (C=O) groups excluding carboxylic acids is 1. The van der Waals surface area contributed by atoms with Crippen LogP contribution >= 0.6 is 0 Å². The lowest BCUT2D eigenvalue weighted by molar-refractivity contribution is -0.0102. The Kier molecular flexibility index (Phi) is 18.1. The molecule has 140 valence electrons. The van der Waals surface area contributed by atoms with Gasteiger partial charge in [-0.1, -0.05) is 5.11 Å².